The van der Waals surface area contributed by atoms with Gasteiger partial charge in [-0.25, -0.2) is 9.97 Å². The van der Waals surface area contributed by atoms with Crippen LogP contribution in [0, 0.1) is 13.8 Å². The van der Waals surface area contributed by atoms with Crippen LogP contribution in [-0.2, 0) is 4.74 Å². The second-order valence-electron chi connectivity index (χ2n) is 6.97. The highest BCUT2D eigenvalue weighted by Crippen LogP contribution is 2.18. The predicted molar refractivity (Wildman–Crippen MR) is 135 cm³/mol. The van der Waals surface area contributed by atoms with Crippen LogP contribution in [0.25, 0.3) is 0 Å². The van der Waals surface area contributed by atoms with Crippen molar-refractivity contribution >= 4 is 46.3 Å². The number of hydrogen-bond acceptors (Lipinski definition) is 6. The zero-order valence-electron chi connectivity index (χ0n) is 18.3. The van der Waals surface area contributed by atoms with E-state index in [1.807, 2.05) is 74.5 Å². The van der Waals surface area contributed by atoms with Crippen molar-refractivity contribution < 1.29 is 4.74 Å². The first-order valence-corrected chi connectivity index (χ1v) is 10.6. The van der Waals surface area contributed by atoms with Gasteiger partial charge in [-0.05, 0) is 68.5 Å². The summed E-state index contributed by atoms with van der Waals surface area (Å²) >= 11 is 5.47. The molecule has 0 saturated carbocycles. The first-order valence-electron chi connectivity index (χ1n) is 10.1. The zero-order valence-corrected chi connectivity index (χ0v) is 19.2. The lowest BCUT2D eigenvalue weighted by Crippen LogP contribution is -2.39. The van der Waals surface area contributed by atoms with Crippen LogP contribution in [0.2, 0.25) is 0 Å². The minimum absolute atomic E-state index is 0.391. The molecule has 4 N–H and O–H groups in total. The summed E-state index contributed by atoms with van der Waals surface area (Å²) in [5.41, 5.74) is 4.58. The Kier molecular flexibility index (Phi) is 8.47. The van der Waals surface area contributed by atoms with Crippen molar-refractivity contribution in [2.45, 2.75) is 13.8 Å². The van der Waals surface area contributed by atoms with Gasteiger partial charge >= 0.3 is 0 Å². The molecule has 1 aromatic heterocycles. The van der Waals surface area contributed by atoms with Crippen molar-refractivity contribution in [2.24, 2.45) is 4.99 Å². The Labute approximate surface area is 193 Å². The first kappa shape index (κ1) is 23.1. The molecule has 0 spiro atoms. The van der Waals surface area contributed by atoms with E-state index in [9.17, 15) is 0 Å². The van der Waals surface area contributed by atoms with Gasteiger partial charge < -0.3 is 20.7 Å². The van der Waals surface area contributed by atoms with Gasteiger partial charge in [0, 0.05) is 35.6 Å². The second kappa shape index (κ2) is 11.7. The third kappa shape index (κ3) is 7.60. The molecular formula is C23H27N7OS. The summed E-state index contributed by atoms with van der Waals surface area (Å²) in [7, 11) is 1.63. The number of ether oxygens (including phenoxy) is 1. The molecule has 8 nitrogen and oxygen atoms in total. The fourth-order valence-corrected chi connectivity index (χ4v) is 3.06. The Hall–Kier alpha value is -3.56. The van der Waals surface area contributed by atoms with Gasteiger partial charge in [-0.1, -0.05) is 18.2 Å². The summed E-state index contributed by atoms with van der Waals surface area (Å²) in [5, 5.41) is 13.1. The minimum atomic E-state index is 0.391. The molecule has 0 unspecified atom stereocenters. The van der Waals surface area contributed by atoms with Crippen molar-refractivity contribution in [1.29, 1.82) is 0 Å². The largest absolute Gasteiger partial charge is 0.383 e. The van der Waals surface area contributed by atoms with Crippen molar-refractivity contribution in [3.63, 3.8) is 0 Å². The number of para-hydroxylation sites is 1. The molecule has 166 valence electrons. The number of anilines is 4. The monoisotopic (exact) mass is 449 g/mol. The summed E-state index contributed by atoms with van der Waals surface area (Å²) in [6.45, 7) is 4.77. The third-order valence-electron chi connectivity index (χ3n) is 4.21. The molecule has 0 aliphatic heterocycles. The van der Waals surface area contributed by atoms with Gasteiger partial charge in [0.05, 0.1) is 13.2 Å². The number of nitrogens with zero attached hydrogens (tertiary/aromatic N) is 3. The average molecular weight is 450 g/mol. The van der Waals surface area contributed by atoms with Gasteiger partial charge in [-0.15, -0.1) is 0 Å². The van der Waals surface area contributed by atoms with Crippen LogP contribution in [0.4, 0.5) is 23.0 Å². The van der Waals surface area contributed by atoms with Crippen LogP contribution in [0.1, 0.15) is 11.4 Å². The Morgan fingerprint density at radius 1 is 0.906 bits per heavy atom. The van der Waals surface area contributed by atoms with Gasteiger partial charge in [-0.2, -0.15) is 0 Å². The number of guanidine groups is 1. The number of aliphatic imine (C=N–C) groups is 1. The predicted octanol–water partition coefficient (Wildman–Crippen LogP) is 4.24. The third-order valence-corrected chi connectivity index (χ3v) is 4.42. The lowest BCUT2D eigenvalue weighted by molar-refractivity contribution is 0.208. The van der Waals surface area contributed by atoms with Crippen LogP contribution in [0.15, 0.2) is 65.7 Å². The summed E-state index contributed by atoms with van der Waals surface area (Å²) in [6.07, 6.45) is 0. The topological polar surface area (TPSA) is 95.5 Å². The molecule has 3 rings (SSSR count). The molecular weight excluding hydrogens is 422 g/mol. The summed E-state index contributed by atoms with van der Waals surface area (Å²) in [6, 6.07) is 19.8. The summed E-state index contributed by atoms with van der Waals surface area (Å²) < 4.78 is 5.09. The van der Waals surface area contributed by atoms with Crippen molar-refractivity contribution in [1.82, 2.24) is 15.3 Å². The van der Waals surface area contributed by atoms with Gasteiger partial charge in [0.15, 0.2) is 5.11 Å². The molecule has 3 aromatic rings. The molecule has 0 aliphatic carbocycles. The highest BCUT2D eigenvalue weighted by Gasteiger charge is 2.07. The van der Waals surface area contributed by atoms with Gasteiger partial charge in [0.1, 0.15) is 0 Å². The molecule has 9 heteroatoms. The molecule has 0 bridgehead atoms. The minimum Gasteiger partial charge on any atom is -0.383 e. The molecule has 0 radical (unpaired) electrons. The number of benzene rings is 2. The molecule has 0 atom stereocenters. The fourth-order valence-electron chi connectivity index (χ4n) is 2.84. The van der Waals surface area contributed by atoms with E-state index in [2.05, 4.69) is 36.2 Å². The highest BCUT2D eigenvalue weighted by atomic mass is 32.1. The number of aryl methyl sites for hydroxylation is 2. The van der Waals surface area contributed by atoms with E-state index < -0.39 is 0 Å². The van der Waals surface area contributed by atoms with E-state index in [0.29, 0.717) is 30.2 Å². The van der Waals surface area contributed by atoms with E-state index in [4.69, 9.17) is 17.0 Å². The zero-order chi connectivity index (χ0) is 22.8. The lowest BCUT2D eigenvalue weighted by atomic mass is 10.2. The van der Waals surface area contributed by atoms with Crippen LogP contribution in [0.5, 0.6) is 0 Å². The maximum Gasteiger partial charge on any atom is 0.229 e. The normalized spacial score (nSPS) is 11.0. The Morgan fingerprint density at radius 3 is 2.19 bits per heavy atom. The maximum absolute atomic E-state index is 5.47. The fraction of sp³-hybridized carbons (Fsp3) is 0.217. The number of thiocarbonyl (C=S) groups is 1. The van der Waals surface area contributed by atoms with Gasteiger partial charge in [0.2, 0.25) is 11.9 Å². The summed E-state index contributed by atoms with van der Waals surface area (Å²) in [4.78, 5) is 13.2. The standard InChI is InChI=1S/C23H27N7OS/c1-16-15-17(2)26-22(25-16)29-21(24-13-14-31-3)30-23(32)28-20-11-9-19(10-12-20)27-18-7-5-4-6-8-18/h4-12,15,27H,13-14H2,1-3H3,(H3,24,25,26,28,29,30,32). The highest BCUT2D eigenvalue weighted by molar-refractivity contribution is 7.80. The second-order valence-corrected chi connectivity index (χ2v) is 7.38. The SMILES string of the molecule is COCCN=C(NC(=S)Nc1ccc(Nc2ccccc2)cc1)Nc1nc(C)cc(C)n1. The first-order chi connectivity index (χ1) is 15.5. The van der Waals surface area contributed by atoms with Crippen molar-refractivity contribution in [2.75, 3.05) is 36.2 Å². The molecule has 32 heavy (non-hydrogen) atoms. The van der Waals surface area contributed by atoms with Crippen molar-refractivity contribution in [3.8, 4) is 0 Å². The molecule has 0 amide bonds. The lowest BCUT2D eigenvalue weighted by Gasteiger charge is -2.15. The molecule has 0 fully saturated rings. The van der Waals surface area contributed by atoms with E-state index in [-0.39, 0.29) is 0 Å². The molecule has 1 heterocycles. The average Bonchev–Trinajstić information content (AvgIpc) is 2.75. The Balaban J connectivity index is 1.61. The van der Waals surface area contributed by atoms with E-state index in [1.165, 1.54) is 0 Å². The van der Waals surface area contributed by atoms with Crippen molar-refractivity contribution in [3.05, 3.63) is 72.1 Å². The molecule has 0 aliphatic rings. The number of aromatic nitrogens is 2. The molecule has 2 aromatic carbocycles. The summed E-state index contributed by atoms with van der Waals surface area (Å²) in [5.74, 6) is 0.886. The smallest absolute Gasteiger partial charge is 0.229 e. The number of methoxy groups -OCH3 is 1. The van der Waals surface area contributed by atoms with Gasteiger partial charge in [0.25, 0.3) is 0 Å². The van der Waals surface area contributed by atoms with Crippen LogP contribution >= 0.6 is 12.2 Å². The number of nitrogens with one attached hydrogen (secondary N) is 4. The maximum atomic E-state index is 5.47. The quantitative estimate of drug-likeness (QED) is 0.184. The van der Waals surface area contributed by atoms with Crippen LogP contribution in [0.3, 0.4) is 0 Å². The van der Waals surface area contributed by atoms with Crippen LogP contribution < -0.4 is 21.3 Å². The Morgan fingerprint density at radius 2 is 1.53 bits per heavy atom. The van der Waals surface area contributed by atoms with E-state index in [1.54, 1.807) is 7.11 Å². The molecule has 0 saturated heterocycles. The van der Waals surface area contributed by atoms with E-state index in [0.717, 1.165) is 28.5 Å². The van der Waals surface area contributed by atoms with Gasteiger partial charge in [-0.3, -0.25) is 10.3 Å². The number of hydrogen-bond donors (Lipinski definition) is 4. The Bertz CT molecular complexity index is 1040. The van der Waals surface area contributed by atoms with Crippen LogP contribution in [-0.4, -0.2) is 41.3 Å². The number of rotatable bonds is 7. The van der Waals surface area contributed by atoms with E-state index >= 15 is 0 Å².